The number of rotatable bonds is 3. The minimum absolute atomic E-state index is 0.568. The van der Waals surface area contributed by atoms with E-state index in [2.05, 4.69) is 43.3 Å². The third-order valence-corrected chi connectivity index (χ3v) is 3.88. The smallest absolute Gasteiger partial charge is 0.223 e. The first kappa shape index (κ1) is 13.8. The Morgan fingerprint density at radius 1 is 1.19 bits per heavy atom. The van der Waals surface area contributed by atoms with Crippen molar-refractivity contribution < 1.29 is 4.74 Å². The predicted octanol–water partition coefficient (Wildman–Crippen LogP) is 4.11. The summed E-state index contributed by atoms with van der Waals surface area (Å²) in [4.78, 5) is 8.86. The number of nitrogens with zero attached hydrogens (tertiary/aromatic N) is 2. The molecule has 0 bridgehead atoms. The van der Waals surface area contributed by atoms with E-state index in [4.69, 9.17) is 4.74 Å². The van der Waals surface area contributed by atoms with E-state index in [9.17, 15) is 0 Å². The van der Waals surface area contributed by atoms with Gasteiger partial charge in [0.2, 0.25) is 5.95 Å². The standard InChI is InChI=1S/C16H14BrN3O/c1-18-16-19-9-12-11(10-6-4-3-5-7-10)8-13(17)15(21-2)14(12)20-16/h3-9H,1-2H3,(H,18,19,20). The number of anilines is 1. The summed E-state index contributed by atoms with van der Waals surface area (Å²) < 4.78 is 6.36. The number of methoxy groups -OCH3 is 1. The molecule has 0 saturated carbocycles. The molecule has 2 aromatic carbocycles. The van der Waals surface area contributed by atoms with Gasteiger partial charge in [-0.2, -0.15) is 0 Å². The summed E-state index contributed by atoms with van der Waals surface area (Å²) in [6.07, 6.45) is 1.82. The van der Waals surface area contributed by atoms with Crippen LogP contribution in [0.3, 0.4) is 0 Å². The number of ether oxygens (including phenoxy) is 1. The van der Waals surface area contributed by atoms with Gasteiger partial charge in [0.25, 0.3) is 0 Å². The van der Waals surface area contributed by atoms with Gasteiger partial charge in [0.05, 0.1) is 11.6 Å². The Hall–Kier alpha value is -2.14. The molecule has 0 saturated heterocycles. The van der Waals surface area contributed by atoms with Crippen molar-refractivity contribution in [2.24, 2.45) is 0 Å². The average Bonchev–Trinajstić information content (AvgIpc) is 2.54. The van der Waals surface area contributed by atoms with E-state index in [0.29, 0.717) is 11.7 Å². The molecule has 0 aliphatic rings. The first-order valence-corrected chi connectivity index (χ1v) is 7.30. The summed E-state index contributed by atoms with van der Waals surface area (Å²) in [5, 5.41) is 3.91. The van der Waals surface area contributed by atoms with Gasteiger partial charge in [-0.05, 0) is 33.1 Å². The summed E-state index contributed by atoms with van der Waals surface area (Å²) in [5.41, 5.74) is 2.97. The summed E-state index contributed by atoms with van der Waals surface area (Å²) in [6.45, 7) is 0. The minimum Gasteiger partial charge on any atom is -0.493 e. The molecule has 0 unspecified atom stereocenters. The van der Waals surface area contributed by atoms with Crippen LogP contribution in [0.2, 0.25) is 0 Å². The molecule has 0 atom stereocenters. The molecule has 1 aromatic heterocycles. The van der Waals surface area contributed by atoms with Crippen molar-refractivity contribution >= 4 is 32.8 Å². The fraction of sp³-hybridized carbons (Fsp3) is 0.125. The van der Waals surface area contributed by atoms with Gasteiger partial charge in [-0.25, -0.2) is 9.97 Å². The van der Waals surface area contributed by atoms with Crippen molar-refractivity contribution in [3.05, 3.63) is 47.1 Å². The number of nitrogens with one attached hydrogen (secondary N) is 1. The monoisotopic (exact) mass is 343 g/mol. The van der Waals surface area contributed by atoms with Gasteiger partial charge in [0.15, 0.2) is 5.75 Å². The quantitative estimate of drug-likeness (QED) is 0.777. The molecular weight excluding hydrogens is 330 g/mol. The lowest BCUT2D eigenvalue weighted by Gasteiger charge is -2.13. The van der Waals surface area contributed by atoms with E-state index < -0.39 is 0 Å². The van der Waals surface area contributed by atoms with E-state index in [0.717, 1.165) is 26.5 Å². The number of halogens is 1. The highest BCUT2D eigenvalue weighted by Crippen LogP contribution is 2.39. The van der Waals surface area contributed by atoms with Crippen molar-refractivity contribution in [3.8, 4) is 16.9 Å². The van der Waals surface area contributed by atoms with Crippen molar-refractivity contribution in [3.63, 3.8) is 0 Å². The molecule has 0 aliphatic heterocycles. The maximum Gasteiger partial charge on any atom is 0.223 e. The molecule has 1 heterocycles. The molecule has 0 radical (unpaired) electrons. The molecule has 1 N–H and O–H groups in total. The van der Waals surface area contributed by atoms with Crippen molar-refractivity contribution in [2.75, 3.05) is 19.5 Å². The maximum atomic E-state index is 5.48. The van der Waals surface area contributed by atoms with E-state index in [1.165, 1.54) is 0 Å². The van der Waals surface area contributed by atoms with Crippen LogP contribution in [0.15, 0.2) is 47.1 Å². The third kappa shape index (κ3) is 2.45. The van der Waals surface area contributed by atoms with E-state index in [1.54, 1.807) is 14.2 Å². The molecule has 0 spiro atoms. The average molecular weight is 344 g/mol. The van der Waals surface area contributed by atoms with Crippen LogP contribution in [-0.4, -0.2) is 24.1 Å². The second-order valence-corrected chi connectivity index (χ2v) is 5.37. The van der Waals surface area contributed by atoms with Crippen LogP contribution in [0.5, 0.6) is 5.75 Å². The van der Waals surface area contributed by atoms with E-state index in [1.807, 2.05) is 30.5 Å². The number of fused-ring (bicyclic) bond motifs is 1. The van der Waals surface area contributed by atoms with Crippen molar-refractivity contribution in [1.82, 2.24) is 9.97 Å². The molecule has 0 amide bonds. The molecule has 3 rings (SSSR count). The van der Waals surface area contributed by atoms with E-state index >= 15 is 0 Å². The lowest BCUT2D eigenvalue weighted by molar-refractivity contribution is 0.416. The van der Waals surface area contributed by atoms with E-state index in [-0.39, 0.29) is 0 Å². The lowest BCUT2D eigenvalue weighted by atomic mass is 10.0. The highest BCUT2D eigenvalue weighted by molar-refractivity contribution is 9.10. The van der Waals surface area contributed by atoms with Gasteiger partial charge >= 0.3 is 0 Å². The molecule has 0 fully saturated rings. The number of hydrogen-bond acceptors (Lipinski definition) is 4. The van der Waals surface area contributed by atoms with Crippen LogP contribution < -0.4 is 10.1 Å². The molecular formula is C16H14BrN3O. The maximum absolute atomic E-state index is 5.48. The Labute approximate surface area is 131 Å². The van der Waals surface area contributed by atoms with Crippen LogP contribution in [0.1, 0.15) is 0 Å². The van der Waals surface area contributed by atoms with Crippen LogP contribution in [0.25, 0.3) is 22.0 Å². The van der Waals surface area contributed by atoms with Crippen molar-refractivity contribution in [1.29, 1.82) is 0 Å². The van der Waals surface area contributed by atoms with Gasteiger partial charge in [-0.15, -0.1) is 0 Å². The summed E-state index contributed by atoms with van der Waals surface area (Å²) in [7, 11) is 3.44. The number of aromatic nitrogens is 2. The third-order valence-electron chi connectivity index (χ3n) is 3.29. The van der Waals surface area contributed by atoms with Gasteiger partial charge in [-0.1, -0.05) is 30.3 Å². The highest BCUT2D eigenvalue weighted by Gasteiger charge is 2.15. The van der Waals surface area contributed by atoms with Crippen LogP contribution in [-0.2, 0) is 0 Å². The largest absolute Gasteiger partial charge is 0.493 e. The summed E-state index contributed by atoms with van der Waals surface area (Å²) in [6, 6.07) is 12.2. The first-order valence-electron chi connectivity index (χ1n) is 6.51. The van der Waals surface area contributed by atoms with Gasteiger partial charge in [0.1, 0.15) is 5.52 Å². The van der Waals surface area contributed by atoms with Crippen LogP contribution in [0.4, 0.5) is 5.95 Å². The second kappa shape index (κ2) is 5.69. The molecule has 0 aliphatic carbocycles. The lowest BCUT2D eigenvalue weighted by Crippen LogP contribution is -1.99. The zero-order chi connectivity index (χ0) is 14.8. The Morgan fingerprint density at radius 2 is 1.95 bits per heavy atom. The van der Waals surface area contributed by atoms with Crippen LogP contribution in [0, 0.1) is 0 Å². The fourth-order valence-electron chi connectivity index (χ4n) is 2.31. The van der Waals surface area contributed by atoms with Gasteiger partial charge in [-0.3, -0.25) is 0 Å². The predicted molar refractivity (Wildman–Crippen MR) is 88.8 cm³/mol. The SMILES string of the molecule is CNc1ncc2c(-c3ccccc3)cc(Br)c(OC)c2n1. The fourth-order valence-corrected chi connectivity index (χ4v) is 2.88. The number of hydrogen-bond donors (Lipinski definition) is 1. The molecule has 21 heavy (non-hydrogen) atoms. The summed E-state index contributed by atoms with van der Waals surface area (Å²) in [5.74, 6) is 1.28. The van der Waals surface area contributed by atoms with Crippen molar-refractivity contribution in [2.45, 2.75) is 0 Å². The zero-order valence-corrected chi connectivity index (χ0v) is 13.3. The Bertz CT molecular complexity index is 790. The molecule has 5 heteroatoms. The zero-order valence-electron chi connectivity index (χ0n) is 11.7. The second-order valence-electron chi connectivity index (χ2n) is 4.51. The number of benzene rings is 2. The van der Waals surface area contributed by atoms with Gasteiger partial charge < -0.3 is 10.1 Å². The molecule has 106 valence electrons. The Morgan fingerprint density at radius 3 is 2.62 bits per heavy atom. The normalized spacial score (nSPS) is 10.6. The summed E-state index contributed by atoms with van der Waals surface area (Å²) >= 11 is 3.57. The Kier molecular flexibility index (Phi) is 3.75. The highest BCUT2D eigenvalue weighted by atomic mass is 79.9. The van der Waals surface area contributed by atoms with Gasteiger partial charge in [0, 0.05) is 18.6 Å². The minimum atomic E-state index is 0.568. The molecule has 3 aromatic rings. The first-order chi connectivity index (χ1) is 10.2. The topological polar surface area (TPSA) is 47.0 Å². The molecule has 4 nitrogen and oxygen atoms in total. The Balaban J connectivity index is 2.37. The van der Waals surface area contributed by atoms with Crippen LogP contribution >= 0.6 is 15.9 Å².